The predicted molar refractivity (Wildman–Crippen MR) is 140 cm³/mol. The van der Waals surface area contributed by atoms with Gasteiger partial charge in [0.15, 0.2) is 0 Å². The lowest BCUT2D eigenvalue weighted by Crippen LogP contribution is -2.32. The van der Waals surface area contributed by atoms with E-state index in [0.29, 0.717) is 46.6 Å². The molecule has 0 spiro atoms. The van der Waals surface area contributed by atoms with Crippen LogP contribution in [-0.2, 0) is 11.2 Å². The fourth-order valence-corrected chi connectivity index (χ4v) is 5.45. The van der Waals surface area contributed by atoms with Gasteiger partial charge < -0.3 is 15.0 Å². The third-order valence-electron chi connectivity index (χ3n) is 5.94. The maximum absolute atomic E-state index is 13.2. The number of hydrogen-bond acceptors (Lipinski definition) is 5. The molecular formula is C26H28ClN3O3S. The van der Waals surface area contributed by atoms with E-state index in [1.807, 2.05) is 56.3 Å². The molecule has 0 aliphatic carbocycles. The smallest absolute Gasteiger partial charge is 0.268 e. The second-order valence-electron chi connectivity index (χ2n) is 8.10. The molecule has 1 aliphatic heterocycles. The third kappa shape index (κ3) is 5.12. The van der Waals surface area contributed by atoms with Crippen molar-refractivity contribution in [3.63, 3.8) is 0 Å². The number of para-hydroxylation sites is 1. The molecule has 0 atom stereocenters. The van der Waals surface area contributed by atoms with Gasteiger partial charge in [-0.3, -0.25) is 14.5 Å². The highest BCUT2D eigenvalue weighted by molar-refractivity contribution is 7.17. The van der Waals surface area contributed by atoms with Crippen molar-refractivity contribution in [3.05, 3.63) is 64.0 Å². The molecule has 178 valence electrons. The summed E-state index contributed by atoms with van der Waals surface area (Å²) in [7, 11) is 1.73. The number of thiophene rings is 1. The number of carbonyl (C=O) groups excluding carboxylic acids is 2. The second kappa shape index (κ2) is 10.6. The molecule has 0 bridgehead atoms. The molecule has 2 aromatic carbocycles. The fraction of sp³-hybridized carbons (Fsp3) is 0.308. The highest BCUT2D eigenvalue weighted by Gasteiger charge is 2.24. The lowest BCUT2D eigenvalue weighted by atomic mass is 10.1. The number of rotatable bonds is 7. The third-order valence-corrected chi connectivity index (χ3v) is 7.46. The number of amides is 2. The van der Waals surface area contributed by atoms with Gasteiger partial charge in [-0.05, 0) is 49.0 Å². The van der Waals surface area contributed by atoms with Crippen molar-refractivity contribution < 1.29 is 14.3 Å². The summed E-state index contributed by atoms with van der Waals surface area (Å²) in [5.74, 6) is 0.554. The summed E-state index contributed by atoms with van der Waals surface area (Å²) in [6, 6.07) is 15.0. The van der Waals surface area contributed by atoms with Crippen LogP contribution in [0.5, 0.6) is 5.75 Å². The molecule has 2 heterocycles. The van der Waals surface area contributed by atoms with Crippen LogP contribution in [0.3, 0.4) is 0 Å². The minimum Gasteiger partial charge on any atom is -0.492 e. The number of anilines is 2. The summed E-state index contributed by atoms with van der Waals surface area (Å²) < 4.78 is 6.00. The highest BCUT2D eigenvalue weighted by Crippen LogP contribution is 2.42. The number of ether oxygens (including phenoxy) is 1. The zero-order chi connectivity index (χ0) is 24.2. The Kier molecular flexibility index (Phi) is 7.56. The van der Waals surface area contributed by atoms with Crippen molar-refractivity contribution in [2.75, 3.05) is 43.5 Å². The fourth-order valence-electron chi connectivity index (χ4n) is 3.98. The molecular weight excluding hydrogens is 470 g/mol. The maximum Gasteiger partial charge on any atom is 0.268 e. The molecule has 3 aromatic rings. The Hall–Kier alpha value is -2.87. The van der Waals surface area contributed by atoms with Gasteiger partial charge in [-0.15, -0.1) is 11.3 Å². The quantitative estimate of drug-likeness (QED) is 0.464. The molecule has 6 nitrogen and oxygen atoms in total. The van der Waals surface area contributed by atoms with Crippen LogP contribution in [0.4, 0.5) is 11.4 Å². The van der Waals surface area contributed by atoms with E-state index in [0.717, 1.165) is 29.1 Å². The summed E-state index contributed by atoms with van der Waals surface area (Å²) in [4.78, 5) is 30.9. The molecule has 1 N–H and O–H groups in total. The number of nitrogens with one attached hydrogen (secondary N) is 1. The monoisotopic (exact) mass is 497 g/mol. The molecule has 0 fully saturated rings. The molecule has 1 aliphatic rings. The highest BCUT2D eigenvalue weighted by atomic mass is 35.5. The van der Waals surface area contributed by atoms with Gasteiger partial charge in [0.25, 0.3) is 5.91 Å². The topological polar surface area (TPSA) is 61.9 Å². The number of fused-ring (bicyclic) bond motifs is 3. The normalized spacial score (nSPS) is 12.4. The number of halogens is 1. The number of nitrogens with zero attached hydrogens (tertiary/aromatic N) is 2. The predicted octanol–water partition coefficient (Wildman–Crippen LogP) is 5.56. The van der Waals surface area contributed by atoms with Gasteiger partial charge in [0.05, 0.1) is 28.7 Å². The van der Waals surface area contributed by atoms with E-state index in [9.17, 15) is 9.59 Å². The first-order valence-corrected chi connectivity index (χ1v) is 12.5. The summed E-state index contributed by atoms with van der Waals surface area (Å²) in [6.45, 7) is 6.58. The van der Waals surface area contributed by atoms with Gasteiger partial charge in [-0.25, -0.2) is 0 Å². The first-order valence-electron chi connectivity index (χ1n) is 11.4. The van der Waals surface area contributed by atoms with Crippen LogP contribution < -0.4 is 15.0 Å². The molecule has 34 heavy (non-hydrogen) atoms. The van der Waals surface area contributed by atoms with Crippen LogP contribution in [0.2, 0.25) is 5.02 Å². The van der Waals surface area contributed by atoms with Crippen LogP contribution in [0.1, 0.15) is 29.1 Å². The SMILES string of the molecule is CCN(CC)CC(=O)Nc1ccc2c(c1)OCCc1cc(C(=O)N(C)c3ccccc3Cl)sc1-2. The van der Waals surface area contributed by atoms with Crippen LogP contribution in [0, 0.1) is 0 Å². The Morgan fingerprint density at radius 1 is 1.12 bits per heavy atom. The van der Waals surface area contributed by atoms with E-state index in [1.54, 1.807) is 18.0 Å². The molecule has 2 amide bonds. The van der Waals surface area contributed by atoms with Crippen molar-refractivity contribution in [2.24, 2.45) is 0 Å². The molecule has 0 saturated carbocycles. The lowest BCUT2D eigenvalue weighted by Gasteiger charge is -2.18. The van der Waals surface area contributed by atoms with Crippen molar-refractivity contribution in [1.82, 2.24) is 4.90 Å². The Balaban J connectivity index is 1.57. The summed E-state index contributed by atoms with van der Waals surface area (Å²) in [5.41, 5.74) is 3.38. The van der Waals surface area contributed by atoms with Gasteiger partial charge in [-0.1, -0.05) is 37.6 Å². The minimum absolute atomic E-state index is 0.0513. The first-order chi connectivity index (χ1) is 16.4. The maximum atomic E-state index is 13.2. The van der Waals surface area contributed by atoms with E-state index < -0.39 is 0 Å². The van der Waals surface area contributed by atoms with Gasteiger partial charge >= 0.3 is 0 Å². The average molecular weight is 498 g/mol. The number of likely N-dealkylation sites (N-methyl/N-ethyl adjacent to an activating group) is 1. The van der Waals surface area contributed by atoms with E-state index in [4.69, 9.17) is 16.3 Å². The number of hydrogen-bond donors (Lipinski definition) is 1. The van der Waals surface area contributed by atoms with Crippen LogP contribution in [-0.4, -0.2) is 50.0 Å². The Labute approximate surface area is 209 Å². The molecule has 0 radical (unpaired) electrons. The first kappa shape index (κ1) is 24.3. The lowest BCUT2D eigenvalue weighted by molar-refractivity contribution is -0.117. The van der Waals surface area contributed by atoms with Gasteiger partial charge in [0.1, 0.15) is 5.75 Å². The zero-order valence-corrected chi connectivity index (χ0v) is 21.1. The van der Waals surface area contributed by atoms with Crippen molar-refractivity contribution in [3.8, 4) is 16.2 Å². The van der Waals surface area contributed by atoms with E-state index >= 15 is 0 Å². The molecule has 1 aromatic heterocycles. The number of carbonyl (C=O) groups is 2. The molecule has 8 heteroatoms. The van der Waals surface area contributed by atoms with Crippen molar-refractivity contribution in [1.29, 1.82) is 0 Å². The van der Waals surface area contributed by atoms with Crippen LogP contribution in [0.25, 0.3) is 10.4 Å². The molecule has 0 saturated heterocycles. The Morgan fingerprint density at radius 2 is 1.88 bits per heavy atom. The van der Waals surface area contributed by atoms with E-state index in [-0.39, 0.29) is 11.8 Å². The molecule has 0 unspecified atom stereocenters. The van der Waals surface area contributed by atoms with Gasteiger partial charge in [0.2, 0.25) is 5.91 Å². The summed E-state index contributed by atoms with van der Waals surface area (Å²) >= 11 is 7.75. The van der Waals surface area contributed by atoms with E-state index in [2.05, 4.69) is 10.2 Å². The average Bonchev–Trinajstić information content (AvgIpc) is 3.18. The largest absolute Gasteiger partial charge is 0.492 e. The number of benzene rings is 2. The minimum atomic E-state index is -0.103. The van der Waals surface area contributed by atoms with Crippen LogP contribution >= 0.6 is 22.9 Å². The van der Waals surface area contributed by atoms with Gasteiger partial charge in [0, 0.05) is 35.7 Å². The van der Waals surface area contributed by atoms with Crippen molar-refractivity contribution >= 4 is 46.1 Å². The Bertz CT molecular complexity index is 1210. The summed E-state index contributed by atoms with van der Waals surface area (Å²) in [6.07, 6.45) is 0.702. The van der Waals surface area contributed by atoms with Crippen LogP contribution in [0.15, 0.2) is 48.5 Å². The Morgan fingerprint density at radius 3 is 2.62 bits per heavy atom. The summed E-state index contributed by atoms with van der Waals surface area (Å²) in [5, 5.41) is 3.50. The zero-order valence-electron chi connectivity index (χ0n) is 19.6. The van der Waals surface area contributed by atoms with Crippen molar-refractivity contribution in [2.45, 2.75) is 20.3 Å². The molecule has 4 rings (SSSR count). The van der Waals surface area contributed by atoms with Gasteiger partial charge in [-0.2, -0.15) is 0 Å². The standard InChI is InChI=1S/C26H28ClN3O3S/c1-4-30(5-2)16-24(31)28-18-10-11-19-22(15-18)33-13-12-17-14-23(34-25(17)19)26(32)29(3)21-9-7-6-8-20(21)27/h6-11,14-15H,4-5,12-13,16H2,1-3H3,(H,28,31). The second-order valence-corrected chi connectivity index (χ2v) is 9.56. The van der Waals surface area contributed by atoms with E-state index in [1.165, 1.54) is 11.3 Å².